The van der Waals surface area contributed by atoms with Crippen molar-refractivity contribution in [2.24, 2.45) is 0 Å². The van der Waals surface area contributed by atoms with Crippen LogP contribution >= 0.6 is 11.3 Å². The summed E-state index contributed by atoms with van der Waals surface area (Å²) in [5.41, 5.74) is 3.84. The Balaban J connectivity index is 1.61. The number of thiophene rings is 1. The molecule has 38 heavy (non-hydrogen) atoms. The van der Waals surface area contributed by atoms with Gasteiger partial charge in [-0.25, -0.2) is 0 Å². The summed E-state index contributed by atoms with van der Waals surface area (Å²) >= 11 is 1.74. The zero-order valence-electron chi connectivity index (χ0n) is 22.6. The maximum atomic E-state index is 13.9. The number of ether oxygens (including phenoxy) is 3. The number of hydrogen-bond donors (Lipinski definition) is 0. The molecule has 1 aliphatic rings. The molecule has 0 fully saturated rings. The normalized spacial score (nSPS) is 14.6. The van der Waals surface area contributed by atoms with Crippen molar-refractivity contribution in [1.82, 2.24) is 9.80 Å². The third kappa shape index (κ3) is 6.37. The molecular weight excluding hydrogens is 500 g/mol. The van der Waals surface area contributed by atoms with Crippen LogP contribution in [0.15, 0.2) is 53.9 Å². The van der Waals surface area contributed by atoms with Gasteiger partial charge >= 0.3 is 0 Å². The van der Waals surface area contributed by atoms with E-state index in [0.29, 0.717) is 49.8 Å². The van der Waals surface area contributed by atoms with Crippen LogP contribution in [0, 0.1) is 6.92 Å². The van der Waals surface area contributed by atoms with Gasteiger partial charge in [0.15, 0.2) is 0 Å². The molecule has 0 saturated heterocycles. The van der Waals surface area contributed by atoms with E-state index in [0.717, 1.165) is 12.0 Å². The third-order valence-corrected chi connectivity index (χ3v) is 7.81. The van der Waals surface area contributed by atoms with E-state index < -0.39 is 0 Å². The van der Waals surface area contributed by atoms with E-state index in [1.54, 1.807) is 48.7 Å². The van der Waals surface area contributed by atoms with Crippen LogP contribution in [0.5, 0.6) is 11.5 Å². The van der Waals surface area contributed by atoms with E-state index in [1.807, 2.05) is 11.8 Å². The van der Waals surface area contributed by atoms with Gasteiger partial charge in [0.25, 0.3) is 5.91 Å². The fraction of sp³-hybridized carbons (Fsp3) is 0.400. The van der Waals surface area contributed by atoms with Crippen molar-refractivity contribution < 1.29 is 23.8 Å². The summed E-state index contributed by atoms with van der Waals surface area (Å²) in [5, 5.41) is 2.10. The van der Waals surface area contributed by atoms with Gasteiger partial charge in [-0.3, -0.25) is 9.59 Å². The number of methoxy groups -OCH3 is 2. The predicted molar refractivity (Wildman–Crippen MR) is 149 cm³/mol. The van der Waals surface area contributed by atoms with Crippen LogP contribution in [0.25, 0.3) is 0 Å². The quantitative estimate of drug-likeness (QED) is 0.318. The second kappa shape index (κ2) is 12.9. The fourth-order valence-corrected chi connectivity index (χ4v) is 5.72. The number of rotatable bonds is 11. The lowest BCUT2D eigenvalue weighted by atomic mass is 9.92. The van der Waals surface area contributed by atoms with Crippen LogP contribution in [0.4, 0.5) is 0 Å². The Morgan fingerprint density at radius 1 is 1.05 bits per heavy atom. The molecule has 7 nitrogen and oxygen atoms in total. The van der Waals surface area contributed by atoms with Crippen LogP contribution in [-0.2, 0) is 16.0 Å². The molecule has 4 rings (SSSR count). The van der Waals surface area contributed by atoms with E-state index in [1.165, 1.54) is 16.0 Å². The first-order chi connectivity index (χ1) is 18.4. The minimum atomic E-state index is -0.243. The molecule has 1 aromatic heterocycles. The minimum Gasteiger partial charge on any atom is -0.497 e. The van der Waals surface area contributed by atoms with Crippen LogP contribution in [-0.4, -0.2) is 68.7 Å². The highest BCUT2D eigenvalue weighted by Crippen LogP contribution is 2.38. The first-order valence-corrected chi connectivity index (χ1v) is 13.9. The molecule has 2 amide bonds. The van der Waals surface area contributed by atoms with E-state index in [2.05, 4.69) is 42.6 Å². The Hall–Kier alpha value is -3.36. The van der Waals surface area contributed by atoms with E-state index in [-0.39, 0.29) is 24.4 Å². The van der Waals surface area contributed by atoms with Crippen molar-refractivity contribution in [2.75, 3.05) is 47.1 Å². The Labute approximate surface area is 228 Å². The summed E-state index contributed by atoms with van der Waals surface area (Å²) in [6, 6.07) is 15.4. The number of aryl methyl sites for hydroxylation is 1. The van der Waals surface area contributed by atoms with E-state index >= 15 is 0 Å². The van der Waals surface area contributed by atoms with Gasteiger partial charge in [0, 0.05) is 42.8 Å². The van der Waals surface area contributed by atoms with Gasteiger partial charge < -0.3 is 24.0 Å². The standard InChI is InChI=1S/C30H36N2O5S/c1-5-37-15-6-13-31(30(34)23-17-24(35-3)19-25(18-23)36-4)20-28(33)32-14-11-27-26(12-16-38-27)29(32)22-9-7-21(2)8-10-22/h7-10,12,16-19,29H,5-6,11,13-15,20H2,1-4H3/t29-/m0/s1. The van der Waals surface area contributed by atoms with Crippen LogP contribution in [0.2, 0.25) is 0 Å². The maximum absolute atomic E-state index is 13.9. The highest BCUT2D eigenvalue weighted by Gasteiger charge is 2.34. The highest BCUT2D eigenvalue weighted by atomic mass is 32.1. The summed E-state index contributed by atoms with van der Waals surface area (Å²) in [4.78, 5) is 32.5. The molecule has 0 radical (unpaired) electrons. The lowest BCUT2D eigenvalue weighted by molar-refractivity contribution is -0.134. The molecule has 0 saturated carbocycles. The minimum absolute atomic E-state index is 0.0215. The Morgan fingerprint density at radius 3 is 2.42 bits per heavy atom. The van der Waals surface area contributed by atoms with Crippen molar-refractivity contribution in [3.05, 3.63) is 81.0 Å². The SMILES string of the molecule is CCOCCCN(CC(=O)N1CCc2sccc2[C@@H]1c1ccc(C)cc1)C(=O)c1cc(OC)cc(OC)c1. The Bertz CT molecular complexity index is 1220. The fourth-order valence-electron chi connectivity index (χ4n) is 4.82. The van der Waals surface area contributed by atoms with Gasteiger partial charge in [-0.1, -0.05) is 29.8 Å². The molecule has 202 valence electrons. The van der Waals surface area contributed by atoms with Crippen molar-refractivity contribution in [3.8, 4) is 11.5 Å². The molecule has 0 bridgehead atoms. The summed E-state index contributed by atoms with van der Waals surface area (Å²) in [6.45, 7) is 6.11. The number of fused-ring (bicyclic) bond motifs is 1. The molecule has 0 N–H and O–H groups in total. The molecule has 2 aromatic carbocycles. The average molecular weight is 537 g/mol. The Morgan fingerprint density at radius 2 is 1.76 bits per heavy atom. The molecule has 0 aliphatic carbocycles. The number of carbonyl (C=O) groups excluding carboxylic acids is 2. The summed E-state index contributed by atoms with van der Waals surface area (Å²) in [7, 11) is 3.10. The van der Waals surface area contributed by atoms with Gasteiger partial charge in [-0.2, -0.15) is 0 Å². The topological polar surface area (TPSA) is 68.3 Å². The molecule has 3 aromatic rings. The maximum Gasteiger partial charge on any atom is 0.254 e. The number of hydrogen-bond acceptors (Lipinski definition) is 6. The predicted octanol–water partition coefficient (Wildman–Crippen LogP) is 5.12. The summed E-state index contributed by atoms with van der Waals surface area (Å²) < 4.78 is 16.2. The van der Waals surface area contributed by atoms with Crippen LogP contribution < -0.4 is 9.47 Å². The monoisotopic (exact) mass is 536 g/mol. The van der Waals surface area contributed by atoms with Crippen molar-refractivity contribution in [1.29, 1.82) is 0 Å². The van der Waals surface area contributed by atoms with Gasteiger partial charge in [-0.15, -0.1) is 11.3 Å². The van der Waals surface area contributed by atoms with Gasteiger partial charge in [0.05, 0.1) is 20.3 Å². The first-order valence-electron chi connectivity index (χ1n) is 13.0. The zero-order valence-corrected chi connectivity index (χ0v) is 23.4. The number of carbonyl (C=O) groups is 2. The highest BCUT2D eigenvalue weighted by molar-refractivity contribution is 7.10. The number of benzene rings is 2. The molecule has 2 heterocycles. The van der Waals surface area contributed by atoms with Crippen molar-refractivity contribution in [2.45, 2.75) is 32.7 Å². The Kier molecular flexibility index (Phi) is 9.42. The summed E-state index contributed by atoms with van der Waals surface area (Å²) in [6.07, 6.45) is 1.44. The van der Waals surface area contributed by atoms with Crippen molar-refractivity contribution >= 4 is 23.2 Å². The smallest absolute Gasteiger partial charge is 0.254 e. The van der Waals surface area contributed by atoms with Crippen LogP contribution in [0.1, 0.15) is 51.3 Å². The molecule has 0 unspecified atom stereocenters. The van der Waals surface area contributed by atoms with E-state index in [9.17, 15) is 9.59 Å². The second-order valence-electron chi connectivity index (χ2n) is 9.33. The first kappa shape index (κ1) is 27.7. The lowest BCUT2D eigenvalue weighted by Crippen LogP contribution is -2.47. The lowest BCUT2D eigenvalue weighted by Gasteiger charge is -2.37. The molecular formula is C30H36N2O5S. The van der Waals surface area contributed by atoms with Gasteiger partial charge in [0.2, 0.25) is 5.91 Å². The van der Waals surface area contributed by atoms with Gasteiger partial charge in [-0.05, 0) is 61.4 Å². The number of amides is 2. The van der Waals surface area contributed by atoms with Crippen LogP contribution in [0.3, 0.4) is 0 Å². The van der Waals surface area contributed by atoms with Crippen molar-refractivity contribution in [3.63, 3.8) is 0 Å². The third-order valence-electron chi connectivity index (χ3n) is 6.81. The zero-order chi connectivity index (χ0) is 27.1. The molecule has 0 spiro atoms. The molecule has 1 atom stereocenters. The second-order valence-corrected chi connectivity index (χ2v) is 10.3. The largest absolute Gasteiger partial charge is 0.497 e. The average Bonchev–Trinajstić information content (AvgIpc) is 3.43. The summed E-state index contributed by atoms with van der Waals surface area (Å²) in [5.74, 6) is 0.724. The van der Waals surface area contributed by atoms with Gasteiger partial charge in [0.1, 0.15) is 18.0 Å². The van der Waals surface area contributed by atoms with E-state index in [4.69, 9.17) is 14.2 Å². The number of nitrogens with zero attached hydrogens (tertiary/aromatic N) is 2. The molecule has 8 heteroatoms. The molecule has 1 aliphatic heterocycles.